The standard InChI is InChI=1S/C22H25NO4/c1-16(21(25)23-14-4-2-3-5-15-23)27-22(26)19-8-6-17(7-9-19)18-10-12-20(24)13-11-18/h6-13,16,24H,2-5,14-15H2,1H3/t16-/m0/s1. The molecular weight excluding hydrogens is 342 g/mol. The summed E-state index contributed by atoms with van der Waals surface area (Å²) in [6.07, 6.45) is 3.51. The Bertz CT molecular complexity index is 775. The van der Waals surface area contributed by atoms with Gasteiger partial charge in [-0.3, -0.25) is 4.79 Å². The van der Waals surface area contributed by atoms with Crippen LogP contribution in [0.15, 0.2) is 48.5 Å². The molecule has 3 rings (SSSR count). The van der Waals surface area contributed by atoms with Crippen molar-refractivity contribution in [3.63, 3.8) is 0 Å². The minimum atomic E-state index is -0.785. The minimum absolute atomic E-state index is 0.119. The molecule has 1 fully saturated rings. The Morgan fingerprint density at radius 1 is 0.889 bits per heavy atom. The molecule has 0 aromatic heterocycles. The molecule has 0 spiro atoms. The number of aromatic hydroxyl groups is 1. The summed E-state index contributed by atoms with van der Waals surface area (Å²) < 4.78 is 5.39. The molecule has 1 atom stereocenters. The summed E-state index contributed by atoms with van der Waals surface area (Å²) in [4.78, 5) is 26.7. The molecule has 27 heavy (non-hydrogen) atoms. The van der Waals surface area contributed by atoms with Gasteiger partial charge >= 0.3 is 5.97 Å². The average Bonchev–Trinajstić information content (AvgIpc) is 2.97. The molecular formula is C22H25NO4. The first-order valence-corrected chi connectivity index (χ1v) is 9.44. The van der Waals surface area contributed by atoms with Gasteiger partial charge in [-0.2, -0.15) is 0 Å². The highest BCUT2D eigenvalue weighted by Crippen LogP contribution is 2.22. The van der Waals surface area contributed by atoms with E-state index in [0.717, 1.165) is 49.9 Å². The monoisotopic (exact) mass is 367 g/mol. The van der Waals surface area contributed by atoms with Crippen molar-refractivity contribution in [2.45, 2.75) is 38.7 Å². The summed E-state index contributed by atoms with van der Waals surface area (Å²) in [7, 11) is 0. The number of rotatable bonds is 4. The number of phenolic OH excluding ortho intramolecular Hbond substituents is 1. The highest BCUT2D eigenvalue weighted by Gasteiger charge is 2.24. The maximum Gasteiger partial charge on any atom is 0.338 e. The Hall–Kier alpha value is -2.82. The van der Waals surface area contributed by atoms with E-state index in [0.29, 0.717) is 5.56 Å². The minimum Gasteiger partial charge on any atom is -0.508 e. The number of likely N-dealkylation sites (tertiary alicyclic amines) is 1. The lowest BCUT2D eigenvalue weighted by atomic mass is 10.0. The lowest BCUT2D eigenvalue weighted by molar-refractivity contribution is -0.139. The molecule has 1 saturated heterocycles. The van der Waals surface area contributed by atoms with Crippen molar-refractivity contribution in [1.29, 1.82) is 0 Å². The first kappa shape index (κ1) is 19.0. The normalized spacial score (nSPS) is 15.7. The fraction of sp³-hybridized carbons (Fsp3) is 0.364. The van der Waals surface area contributed by atoms with Gasteiger partial charge < -0.3 is 14.7 Å². The molecule has 0 radical (unpaired) electrons. The maximum absolute atomic E-state index is 12.5. The first-order chi connectivity index (χ1) is 13.0. The fourth-order valence-electron chi connectivity index (χ4n) is 3.28. The quantitative estimate of drug-likeness (QED) is 0.829. The van der Waals surface area contributed by atoms with E-state index in [1.165, 1.54) is 0 Å². The smallest absolute Gasteiger partial charge is 0.338 e. The zero-order valence-corrected chi connectivity index (χ0v) is 15.6. The molecule has 1 N–H and O–H groups in total. The lowest BCUT2D eigenvalue weighted by Gasteiger charge is -2.24. The SMILES string of the molecule is C[C@H](OC(=O)c1ccc(-c2ccc(O)cc2)cc1)C(=O)N1CCCCCC1. The predicted molar refractivity (Wildman–Crippen MR) is 103 cm³/mol. The summed E-state index contributed by atoms with van der Waals surface area (Å²) in [5, 5.41) is 9.37. The van der Waals surface area contributed by atoms with Crippen molar-refractivity contribution in [3.05, 3.63) is 54.1 Å². The third-order valence-electron chi connectivity index (χ3n) is 4.87. The first-order valence-electron chi connectivity index (χ1n) is 9.44. The largest absolute Gasteiger partial charge is 0.508 e. The van der Waals surface area contributed by atoms with Crippen LogP contribution in [-0.2, 0) is 9.53 Å². The zero-order chi connectivity index (χ0) is 19.2. The summed E-state index contributed by atoms with van der Waals surface area (Å²) in [5.41, 5.74) is 2.28. The van der Waals surface area contributed by atoms with E-state index in [4.69, 9.17) is 4.74 Å². The number of carbonyl (C=O) groups excluding carboxylic acids is 2. The van der Waals surface area contributed by atoms with Crippen molar-refractivity contribution >= 4 is 11.9 Å². The predicted octanol–water partition coefficient (Wildman–Crippen LogP) is 4.01. The van der Waals surface area contributed by atoms with Gasteiger partial charge in [0.25, 0.3) is 5.91 Å². The van der Waals surface area contributed by atoms with Gasteiger partial charge in [0.1, 0.15) is 5.75 Å². The topological polar surface area (TPSA) is 66.8 Å². The van der Waals surface area contributed by atoms with Crippen molar-refractivity contribution in [1.82, 2.24) is 4.90 Å². The number of hydrogen-bond acceptors (Lipinski definition) is 4. The number of hydrogen-bond donors (Lipinski definition) is 1. The zero-order valence-electron chi connectivity index (χ0n) is 15.6. The van der Waals surface area contributed by atoms with Crippen LogP contribution < -0.4 is 0 Å². The number of carbonyl (C=O) groups is 2. The molecule has 5 nitrogen and oxygen atoms in total. The van der Waals surface area contributed by atoms with Crippen LogP contribution in [0.5, 0.6) is 5.75 Å². The van der Waals surface area contributed by atoms with Gasteiger partial charge in [0.2, 0.25) is 0 Å². The Labute approximate surface area is 159 Å². The summed E-state index contributed by atoms with van der Waals surface area (Å²) >= 11 is 0. The number of nitrogens with zero attached hydrogens (tertiary/aromatic N) is 1. The van der Waals surface area contributed by atoms with Gasteiger partial charge in [0, 0.05) is 13.1 Å². The van der Waals surface area contributed by atoms with Gasteiger partial charge in [-0.15, -0.1) is 0 Å². The maximum atomic E-state index is 12.5. The van der Waals surface area contributed by atoms with Crippen molar-refractivity contribution in [2.75, 3.05) is 13.1 Å². The molecule has 0 saturated carbocycles. The second-order valence-corrected chi connectivity index (χ2v) is 6.91. The van der Waals surface area contributed by atoms with E-state index in [1.54, 1.807) is 36.1 Å². The molecule has 1 amide bonds. The molecule has 0 unspecified atom stereocenters. The van der Waals surface area contributed by atoms with Crippen molar-refractivity contribution in [2.24, 2.45) is 0 Å². The summed E-state index contributed by atoms with van der Waals surface area (Å²) in [6.45, 7) is 3.11. The van der Waals surface area contributed by atoms with Gasteiger partial charge in [-0.25, -0.2) is 4.79 Å². The third kappa shape index (κ3) is 4.88. The molecule has 2 aromatic carbocycles. The molecule has 0 bridgehead atoms. The third-order valence-corrected chi connectivity index (χ3v) is 4.87. The average molecular weight is 367 g/mol. The Morgan fingerprint density at radius 2 is 1.41 bits per heavy atom. The van der Waals surface area contributed by atoms with Crippen molar-refractivity contribution < 1.29 is 19.4 Å². The van der Waals surface area contributed by atoms with E-state index in [1.807, 2.05) is 24.3 Å². The molecule has 1 aliphatic rings. The van der Waals surface area contributed by atoms with E-state index >= 15 is 0 Å². The highest BCUT2D eigenvalue weighted by atomic mass is 16.5. The lowest BCUT2D eigenvalue weighted by Crippen LogP contribution is -2.40. The van der Waals surface area contributed by atoms with E-state index in [2.05, 4.69) is 0 Å². The highest BCUT2D eigenvalue weighted by molar-refractivity contribution is 5.92. The van der Waals surface area contributed by atoms with E-state index in [-0.39, 0.29) is 11.7 Å². The van der Waals surface area contributed by atoms with Crippen LogP contribution in [0.1, 0.15) is 43.0 Å². The molecule has 1 aliphatic heterocycles. The Morgan fingerprint density at radius 3 is 1.96 bits per heavy atom. The number of ether oxygens (including phenoxy) is 1. The second-order valence-electron chi connectivity index (χ2n) is 6.91. The number of esters is 1. The van der Waals surface area contributed by atoms with Crippen LogP contribution in [-0.4, -0.2) is 41.1 Å². The van der Waals surface area contributed by atoms with Crippen LogP contribution in [0.4, 0.5) is 0 Å². The van der Waals surface area contributed by atoms with Crippen LogP contribution >= 0.6 is 0 Å². The molecule has 2 aromatic rings. The number of amides is 1. The van der Waals surface area contributed by atoms with Crippen molar-refractivity contribution in [3.8, 4) is 16.9 Å². The van der Waals surface area contributed by atoms with Crippen LogP contribution in [0.3, 0.4) is 0 Å². The molecule has 142 valence electrons. The second kappa shape index (κ2) is 8.71. The van der Waals surface area contributed by atoms with E-state index in [9.17, 15) is 14.7 Å². The molecule has 5 heteroatoms. The van der Waals surface area contributed by atoms with Gasteiger partial charge in [-0.05, 0) is 55.2 Å². The molecule has 1 heterocycles. The van der Waals surface area contributed by atoms with Gasteiger partial charge in [0.15, 0.2) is 6.10 Å². The Balaban J connectivity index is 1.61. The summed E-state index contributed by atoms with van der Waals surface area (Å²) in [5.74, 6) is -0.407. The number of benzene rings is 2. The van der Waals surface area contributed by atoms with Crippen LogP contribution in [0.25, 0.3) is 11.1 Å². The number of phenols is 1. The van der Waals surface area contributed by atoms with Crippen LogP contribution in [0.2, 0.25) is 0 Å². The fourth-order valence-corrected chi connectivity index (χ4v) is 3.28. The Kier molecular flexibility index (Phi) is 6.12. The summed E-state index contributed by atoms with van der Waals surface area (Å²) in [6, 6.07) is 13.9. The van der Waals surface area contributed by atoms with Crippen LogP contribution in [0, 0.1) is 0 Å². The molecule has 0 aliphatic carbocycles. The van der Waals surface area contributed by atoms with E-state index < -0.39 is 12.1 Å². The van der Waals surface area contributed by atoms with Gasteiger partial charge in [-0.1, -0.05) is 37.1 Å². The van der Waals surface area contributed by atoms with Gasteiger partial charge in [0.05, 0.1) is 5.56 Å².